The Morgan fingerprint density at radius 1 is 0.897 bits per heavy atom. The van der Waals surface area contributed by atoms with E-state index in [0.29, 0.717) is 11.6 Å². The van der Waals surface area contributed by atoms with E-state index in [0.717, 1.165) is 32.0 Å². The van der Waals surface area contributed by atoms with Crippen LogP contribution >= 0.6 is 0 Å². The van der Waals surface area contributed by atoms with Crippen molar-refractivity contribution in [2.45, 2.75) is 0 Å². The minimum Gasteiger partial charge on any atom is -0.484 e. The van der Waals surface area contributed by atoms with Crippen LogP contribution in [-0.2, 0) is 4.79 Å². The molecule has 3 aromatic rings. The van der Waals surface area contributed by atoms with Crippen molar-refractivity contribution >= 4 is 23.2 Å². The van der Waals surface area contributed by atoms with Crippen LogP contribution in [0.5, 0.6) is 5.75 Å². The molecule has 7 nitrogen and oxygen atoms in total. The molecule has 0 saturated carbocycles. The van der Waals surface area contributed by atoms with Crippen molar-refractivity contribution in [3.63, 3.8) is 0 Å². The number of benzene rings is 2. The van der Waals surface area contributed by atoms with Crippen LogP contribution in [-0.4, -0.2) is 48.7 Å². The third-order valence-corrected chi connectivity index (χ3v) is 4.76. The Hall–Kier alpha value is -3.61. The molecule has 1 aromatic heterocycles. The highest BCUT2D eigenvalue weighted by atomic mass is 16.5. The minimum absolute atomic E-state index is 0.0703. The number of piperazine rings is 1. The first-order valence-corrected chi connectivity index (χ1v) is 9.62. The highest BCUT2D eigenvalue weighted by Gasteiger charge is 2.19. The number of rotatable bonds is 6. The molecular formula is C22H23N5O2. The van der Waals surface area contributed by atoms with E-state index >= 15 is 0 Å². The first-order valence-electron chi connectivity index (χ1n) is 9.62. The van der Waals surface area contributed by atoms with E-state index in [2.05, 4.69) is 49.4 Å². The van der Waals surface area contributed by atoms with Gasteiger partial charge in [0.2, 0.25) is 0 Å². The van der Waals surface area contributed by atoms with Crippen LogP contribution in [0.25, 0.3) is 0 Å². The average Bonchev–Trinajstić information content (AvgIpc) is 2.79. The van der Waals surface area contributed by atoms with Gasteiger partial charge in [-0.15, -0.1) is 0 Å². The second-order valence-electron chi connectivity index (χ2n) is 6.72. The van der Waals surface area contributed by atoms with Gasteiger partial charge in [-0.25, -0.2) is 9.97 Å². The number of anilines is 3. The van der Waals surface area contributed by atoms with Gasteiger partial charge in [-0.05, 0) is 24.3 Å². The number of hydrogen-bond acceptors (Lipinski definition) is 6. The number of nitrogens with zero attached hydrogens (tertiary/aromatic N) is 4. The first kappa shape index (κ1) is 18.7. The number of carbonyl (C=O) groups is 1. The summed E-state index contributed by atoms with van der Waals surface area (Å²) >= 11 is 0. The molecule has 0 radical (unpaired) electrons. The molecule has 1 aliphatic heterocycles. The lowest BCUT2D eigenvalue weighted by Gasteiger charge is -2.36. The summed E-state index contributed by atoms with van der Waals surface area (Å²) in [6.07, 6.45) is 1.48. The zero-order valence-electron chi connectivity index (χ0n) is 16.1. The van der Waals surface area contributed by atoms with E-state index in [1.54, 1.807) is 6.07 Å². The molecule has 2 heterocycles. The minimum atomic E-state index is -0.257. The quantitative estimate of drug-likeness (QED) is 0.699. The van der Waals surface area contributed by atoms with Crippen LogP contribution in [0, 0.1) is 0 Å². The number of nitrogens with one attached hydrogen (secondary N) is 1. The van der Waals surface area contributed by atoms with Crippen LogP contribution in [0.3, 0.4) is 0 Å². The van der Waals surface area contributed by atoms with Gasteiger partial charge in [0.15, 0.2) is 6.61 Å². The van der Waals surface area contributed by atoms with Crippen molar-refractivity contribution in [3.05, 3.63) is 73.1 Å². The number of aromatic nitrogens is 2. The summed E-state index contributed by atoms with van der Waals surface area (Å²) in [7, 11) is 0. The van der Waals surface area contributed by atoms with Gasteiger partial charge in [0.25, 0.3) is 5.91 Å². The van der Waals surface area contributed by atoms with Crippen molar-refractivity contribution < 1.29 is 9.53 Å². The molecule has 4 rings (SSSR count). The van der Waals surface area contributed by atoms with Gasteiger partial charge < -0.3 is 19.9 Å². The SMILES string of the molecule is O=C(COc1ccccc1)Nc1cc(N2CCN(c3ccccc3)CC2)ncn1. The van der Waals surface area contributed by atoms with Gasteiger partial charge in [-0.1, -0.05) is 36.4 Å². The van der Waals surface area contributed by atoms with Crippen molar-refractivity contribution in [3.8, 4) is 5.75 Å². The normalized spacial score (nSPS) is 13.8. The molecule has 1 amide bonds. The zero-order chi connectivity index (χ0) is 19.9. The molecule has 1 N–H and O–H groups in total. The second-order valence-corrected chi connectivity index (χ2v) is 6.72. The Bertz CT molecular complexity index is 928. The second kappa shape index (κ2) is 9.05. The number of para-hydroxylation sites is 2. The van der Waals surface area contributed by atoms with Crippen LogP contribution in [0.2, 0.25) is 0 Å². The fourth-order valence-corrected chi connectivity index (χ4v) is 3.27. The molecule has 0 spiro atoms. The van der Waals surface area contributed by atoms with Crippen LogP contribution in [0.4, 0.5) is 17.3 Å². The highest BCUT2D eigenvalue weighted by molar-refractivity contribution is 5.91. The Morgan fingerprint density at radius 3 is 2.28 bits per heavy atom. The number of ether oxygens (including phenoxy) is 1. The monoisotopic (exact) mass is 389 g/mol. The number of carbonyl (C=O) groups excluding carboxylic acids is 1. The Balaban J connectivity index is 1.31. The molecule has 1 saturated heterocycles. The fraction of sp³-hybridized carbons (Fsp3) is 0.227. The Kier molecular flexibility index (Phi) is 5.85. The Labute approximate surface area is 170 Å². The summed E-state index contributed by atoms with van der Waals surface area (Å²) in [6, 6.07) is 21.5. The smallest absolute Gasteiger partial charge is 0.263 e. The van der Waals surface area contributed by atoms with E-state index < -0.39 is 0 Å². The lowest BCUT2D eigenvalue weighted by Crippen LogP contribution is -2.46. The van der Waals surface area contributed by atoms with Gasteiger partial charge in [0.05, 0.1) is 0 Å². The standard InChI is InChI=1S/C22H23N5O2/c28-22(16-29-19-9-5-2-6-10-19)25-20-15-21(24-17-23-20)27-13-11-26(12-14-27)18-7-3-1-4-8-18/h1-10,15,17H,11-14,16H2,(H,23,24,25,28). The fourth-order valence-electron chi connectivity index (χ4n) is 3.27. The van der Waals surface area contributed by atoms with Crippen LogP contribution in [0.1, 0.15) is 0 Å². The molecule has 0 bridgehead atoms. The van der Waals surface area contributed by atoms with Crippen LogP contribution < -0.4 is 19.9 Å². The van der Waals surface area contributed by atoms with E-state index in [9.17, 15) is 4.79 Å². The summed E-state index contributed by atoms with van der Waals surface area (Å²) in [6.45, 7) is 3.48. The maximum atomic E-state index is 12.2. The van der Waals surface area contributed by atoms with Crippen molar-refractivity contribution in [1.29, 1.82) is 0 Å². The molecule has 0 unspecified atom stereocenters. The lowest BCUT2D eigenvalue weighted by molar-refractivity contribution is -0.118. The van der Waals surface area contributed by atoms with Gasteiger partial charge in [0, 0.05) is 37.9 Å². The summed E-state index contributed by atoms with van der Waals surface area (Å²) in [5.74, 6) is 1.68. The molecule has 148 valence electrons. The zero-order valence-corrected chi connectivity index (χ0v) is 16.1. The molecule has 29 heavy (non-hydrogen) atoms. The van der Waals surface area contributed by atoms with E-state index in [4.69, 9.17) is 4.74 Å². The molecule has 0 aliphatic carbocycles. The third kappa shape index (κ3) is 5.01. The maximum Gasteiger partial charge on any atom is 0.263 e. The largest absolute Gasteiger partial charge is 0.484 e. The van der Waals surface area contributed by atoms with Crippen molar-refractivity contribution in [2.24, 2.45) is 0 Å². The van der Waals surface area contributed by atoms with E-state index in [-0.39, 0.29) is 12.5 Å². The molecule has 0 atom stereocenters. The number of amides is 1. The van der Waals surface area contributed by atoms with E-state index in [1.165, 1.54) is 12.0 Å². The van der Waals surface area contributed by atoms with Crippen molar-refractivity contribution in [2.75, 3.05) is 47.9 Å². The van der Waals surface area contributed by atoms with Crippen molar-refractivity contribution in [1.82, 2.24) is 9.97 Å². The predicted octanol–water partition coefficient (Wildman–Crippen LogP) is 2.82. The van der Waals surface area contributed by atoms with Crippen LogP contribution in [0.15, 0.2) is 73.1 Å². The predicted molar refractivity (Wildman–Crippen MR) is 113 cm³/mol. The summed E-state index contributed by atoms with van der Waals surface area (Å²) in [5.41, 5.74) is 1.24. The average molecular weight is 389 g/mol. The van der Waals surface area contributed by atoms with Gasteiger partial charge in [-0.2, -0.15) is 0 Å². The maximum absolute atomic E-state index is 12.2. The number of hydrogen-bond donors (Lipinski definition) is 1. The lowest BCUT2D eigenvalue weighted by atomic mass is 10.2. The van der Waals surface area contributed by atoms with Gasteiger partial charge >= 0.3 is 0 Å². The third-order valence-electron chi connectivity index (χ3n) is 4.76. The molecular weight excluding hydrogens is 366 g/mol. The van der Waals surface area contributed by atoms with Gasteiger partial charge in [-0.3, -0.25) is 4.79 Å². The topological polar surface area (TPSA) is 70.6 Å². The molecule has 1 fully saturated rings. The summed E-state index contributed by atoms with van der Waals surface area (Å²) in [5, 5.41) is 2.77. The molecule has 7 heteroatoms. The Morgan fingerprint density at radius 2 is 1.55 bits per heavy atom. The molecule has 1 aliphatic rings. The van der Waals surface area contributed by atoms with E-state index in [1.807, 2.05) is 36.4 Å². The highest BCUT2D eigenvalue weighted by Crippen LogP contribution is 2.20. The summed E-state index contributed by atoms with van der Waals surface area (Å²) in [4.78, 5) is 25.3. The first-order chi connectivity index (χ1) is 14.3. The summed E-state index contributed by atoms with van der Waals surface area (Å²) < 4.78 is 5.47. The molecule has 2 aromatic carbocycles. The van der Waals surface area contributed by atoms with Gasteiger partial charge in [0.1, 0.15) is 23.7 Å².